The molecule has 1 aliphatic rings. The average molecular weight is 360 g/mol. The lowest BCUT2D eigenvalue weighted by Gasteiger charge is -2.16. The molecule has 3 rings (SSSR count). The minimum atomic E-state index is 0.104. The number of carbonyl (C=O) groups excluding carboxylic acids is 1. The normalized spacial score (nSPS) is 14.1. The zero-order valence-corrected chi connectivity index (χ0v) is 13.9. The van der Waals surface area contributed by atoms with E-state index in [1.54, 1.807) is 0 Å². The Morgan fingerprint density at radius 3 is 2.50 bits per heavy atom. The van der Waals surface area contributed by atoms with E-state index in [-0.39, 0.29) is 5.91 Å². The maximum atomic E-state index is 12.4. The maximum Gasteiger partial charge on any atom is 0.253 e. The highest BCUT2D eigenvalue weighted by Gasteiger charge is 2.20. The Hall–Kier alpha value is -1.81. The third-order valence-corrected chi connectivity index (χ3v) is 4.43. The Morgan fingerprint density at radius 2 is 1.82 bits per heavy atom. The summed E-state index contributed by atoms with van der Waals surface area (Å²) in [5.74, 6) is 0.856. The van der Waals surface area contributed by atoms with E-state index < -0.39 is 0 Å². The fourth-order valence-electron chi connectivity index (χ4n) is 2.59. The van der Waals surface area contributed by atoms with Crippen LogP contribution >= 0.6 is 15.9 Å². The van der Waals surface area contributed by atoms with Crippen LogP contribution in [0.25, 0.3) is 0 Å². The van der Waals surface area contributed by atoms with Crippen LogP contribution in [-0.2, 0) is 6.61 Å². The third-order valence-electron chi connectivity index (χ3n) is 3.81. The van der Waals surface area contributed by atoms with E-state index in [4.69, 9.17) is 4.74 Å². The molecule has 1 aliphatic heterocycles. The highest BCUT2D eigenvalue weighted by atomic mass is 79.9. The quantitative estimate of drug-likeness (QED) is 0.815. The van der Waals surface area contributed by atoms with Gasteiger partial charge < -0.3 is 9.64 Å². The molecule has 0 aromatic heterocycles. The molecule has 0 saturated carbocycles. The molecule has 4 heteroatoms. The first-order valence-corrected chi connectivity index (χ1v) is 8.29. The van der Waals surface area contributed by atoms with Crippen molar-refractivity contribution in [2.45, 2.75) is 19.4 Å². The molecule has 1 amide bonds. The van der Waals surface area contributed by atoms with Crippen molar-refractivity contribution in [3.63, 3.8) is 0 Å². The second-order valence-corrected chi connectivity index (χ2v) is 6.27. The first kappa shape index (κ1) is 15.1. The maximum absolute atomic E-state index is 12.4. The number of carbonyl (C=O) groups is 1. The van der Waals surface area contributed by atoms with Crippen LogP contribution in [0, 0.1) is 0 Å². The van der Waals surface area contributed by atoms with E-state index >= 15 is 0 Å². The van der Waals surface area contributed by atoms with Crippen molar-refractivity contribution in [3.8, 4) is 5.75 Å². The van der Waals surface area contributed by atoms with Crippen molar-refractivity contribution in [3.05, 3.63) is 64.1 Å². The van der Waals surface area contributed by atoms with Gasteiger partial charge in [-0.2, -0.15) is 0 Å². The fraction of sp³-hybridized carbons (Fsp3) is 0.278. The van der Waals surface area contributed by atoms with E-state index in [0.29, 0.717) is 12.2 Å². The van der Waals surface area contributed by atoms with E-state index in [0.717, 1.165) is 41.7 Å². The Kier molecular flexibility index (Phi) is 4.78. The number of hydrogen-bond donors (Lipinski definition) is 0. The van der Waals surface area contributed by atoms with Gasteiger partial charge >= 0.3 is 0 Å². The number of rotatable bonds is 4. The van der Waals surface area contributed by atoms with E-state index in [9.17, 15) is 4.79 Å². The minimum absolute atomic E-state index is 0.104. The molecule has 1 heterocycles. The van der Waals surface area contributed by atoms with Gasteiger partial charge in [-0.05, 0) is 52.5 Å². The van der Waals surface area contributed by atoms with E-state index in [1.807, 2.05) is 53.4 Å². The standard InChI is InChI=1S/C18H18BrNO2/c19-16-12-15(18(21)20-10-4-5-11-20)8-9-17(16)22-13-14-6-2-1-3-7-14/h1-3,6-9,12H,4-5,10-11,13H2. The monoisotopic (exact) mass is 359 g/mol. The summed E-state index contributed by atoms with van der Waals surface area (Å²) in [4.78, 5) is 14.3. The zero-order valence-electron chi connectivity index (χ0n) is 12.3. The molecule has 0 atom stereocenters. The van der Waals surface area contributed by atoms with E-state index in [1.165, 1.54) is 0 Å². The van der Waals surface area contributed by atoms with E-state index in [2.05, 4.69) is 15.9 Å². The summed E-state index contributed by atoms with van der Waals surface area (Å²) >= 11 is 3.50. The summed E-state index contributed by atoms with van der Waals surface area (Å²) in [6, 6.07) is 15.6. The number of amides is 1. The van der Waals surface area contributed by atoms with Crippen LogP contribution in [0.3, 0.4) is 0 Å². The largest absolute Gasteiger partial charge is 0.488 e. The van der Waals surface area contributed by atoms with Gasteiger partial charge in [0.25, 0.3) is 5.91 Å². The van der Waals surface area contributed by atoms with Gasteiger partial charge in [-0.15, -0.1) is 0 Å². The molecule has 22 heavy (non-hydrogen) atoms. The summed E-state index contributed by atoms with van der Waals surface area (Å²) in [5.41, 5.74) is 1.83. The zero-order chi connectivity index (χ0) is 15.4. The minimum Gasteiger partial charge on any atom is -0.488 e. The van der Waals surface area contributed by atoms with Gasteiger partial charge in [-0.25, -0.2) is 0 Å². The van der Waals surface area contributed by atoms with Crippen molar-refractivity contribution in [2.24, 2.45) is 0 Å². The molecule has 0 radical (unpaired) electrons. The molecular formula is C18H18BrNO2. The van der Waals surface area contributed by atoms with Gasteiger partial charge in [-0.3, -0.25) is 4.79 Å². The second kappa shape index (κ2) is 6.97. The SMILES string of the molecule is O=C(c1ccc(OCc2ccccc2)c(Br)c1)N1CCCC1. The van der Waals surface area contributed by atoms with Gasteiger partial charge in [0.1, 0.15) is 12.4 Å². The number of halogens is 1. The van der Waals surface area contributed by atoms with Crippen LogP contribution in [0.4, 0.5) is 0 Å². The number of ether oxygens (including phenoxy) is 1. The highest BCUT2D eigenvalue weighted by Crippen LogP contribution is 2.27. The van der Waals surface area contributed by atoms with Crippen LogP contribution in [0.5, 0.6) is 5.75 Å². The molecule has 0 unspecified atom stereocenters. The summed E-state index contributed by atoms with van der Waals surface area (Å²) in [5, 5.41) is 0. The molecular weight excluding hydrogens is 342 g/mol. The second-order valence-electron chi connectivity index (χ2n) is 5.42. The molecule has 0 bridgehead atoms. The summed E-state index contributed by atoms with van der Waals surface area (Å²) in [6.07, 6.45) is 2.20. The molecule has 0 aliphatic carbocycles. The van der Waals surface area contributed by atoms with Crippen LogP contribution in [0.2, 0.25) is 0 Å². The Balaban J connectivity index is 1.68. The lowest BCUT2D eigenvalue weighted by Crippen LogP contribution is -2.27. The molecule has 0 N–H and O–H groups in total. The smallest absolute Gasteiger partial charge is 0.253 e. The van der Waals surface area contributed by atoms with Crippen molar-refractivity contribution < 1.29 is 9.53 Å². The topological polar surface area (TPSA) is 29.5 Å². The molecule has 2 aromatic carbocycles. The molecule has 114 valence electrons. The number of hydrogen-bond acceptors (Lipinski definition) is 2. The van der Waals surface area contributed by atoms with Gasteiger partial charge in [-0.1, -0.05) is 30.3 Å². The first-order chi connectivity index (χ1) is 10.7. The molecule has 1 fully saturated rings. The van der Waals surface area contributed by atoms with Crippen molar-refractivity contribution in [1.82, 2.24) is 4.90 Å². The predicted octanol–water partition coefficient (Wildman–Crippen LogP) is 4.26. The Labute approximate surface area is 139 Å². The van der Waals surface area contributed by atoms with Crippen LogP contribution in [0.15, 0.2) is 53.0 Å². The molecule has 1 saturated heterocycles. The predicted molar refractivity (Wildman–Crippen MR) is 90.1 cm³/mol. The van der Waals surface area contributed by atoms with Crippen molar-refractivity contribution in [2.75, 3.05) is 13.1 Å². The van der Waals surface area contributed by atoms with Crippen molar-refractivity contribution >= 4 is 21.8 Å². The first-order valence-electron chi connectivity index (χ1n) is 7.49. The van der Waals surface area contributed by atoms with Gasteiger partial charge in [0.2, 0.25) is 0 Å². The van der Waals surface area contributed by atoms with Crippen LogP contribution in [-0.4, -0.2) is 23.9 Å². The highest BCUT2D eigenvalue weighted by molar-refractivity contribution is 9.10. The van der Waals surface area contributed by atoms with Crippen LogP contribution < -0.4 is 4.74 Å². The number of likely N-dealkylation sites (tertiary alicyclic amines) is 1. The molecule has 0 spiro atoms. The van der Waals surface area contributed by atoms with Gasteiger partial charge in [0.05, 0.1) is 4.47 Å². The van der Waals surface area contributed by atoms with Crippen molar-refractivity contribution in [1.29, 1.82) is 0 Å². The molecule has 3 nitrogen and oxygen atoms in total. The summed E-state index contributed by atoms with van der Waals surface area (Å²) < 4.78 is 6.62. The lowest BCUT2D eigenvalue weighted by atomic mass is 10.2. The summed E-state index contributed by atoms with van der Waals surface area (Å²) in [7, 11) is 0. The fourth-order valence-corrected chi connectivity index (χ4v) is 3.08. The average Bonchev–Trinajstić information content (AvgIpc) is 3.08. The number of benzene rings is 2. The van der Waals surface area contributed by atoms with Gasteiger partial charge in [0, 0.05) is 18.7 Å². The lowest BCUT2D eigenvalue weighted by molar-refractivity contribution is 0.0792. The Morgan fingerprint density at radius 1 is 1.09 bits per heavy atom. The summed E-state index contributed by atoms with van der Waals surface area (Å²) in [6.45, 7) is 2.24. The number of nitrogens with zero attached hydrogens (tertiary/aromatic N) is 1. The van der Waals surface area contributed by atoms with Crippen LogP contribution in [0.1, 0.15) is 28.8 Å². The molecule has 2 aromatic rings. The van der Waals surface area contributed by atoms with Gasteiger partial charge in [0.15, 0.2) is 0 Å². The Bertz CT molecular complexity index is 651. The third kappa shape index (κ3) is 3.50.